The summed E-state index contributed by atoms with van der Waals surface area (Å²) in [6, 6.07) is 20.7. The first kappa shape index (κ1) is 12.2. The zero-order valence-electron chi connectivity index (χ0n) is 10.3. The molecule has 0 saturated carbocycles. The highest BCUT2D eigenvalue weighted by Crippen LogP contribution is 2.28. The average molecular weight is 313 g/mol. The van der Waals surface area contributed by atoms with Crippen LogP contribution >= 0.6 is 15.9 Å². The van der Waals surface area contributed by atoms with Gasteiger partial charge in [-0.3, -0.25) is 4.68 Å². The van der Waals surface area contributed by atoms with E-state index in [1.54, 1.807) is 0 Å². The number of rotatable bonds is 3. The number of hydrogen-bond donors (Lipinski definition) is 0. The lowest BCUT2D eigenvalue weighted by molar-refractivity contribution is 0.694. The zero-order valence-corrected chi connectivity index (χ0v) is 11.9. The molecule has 3 heteroatoms. The van der Waals surface area contributed by atoms with Gasteiger partial charge in [0, 0.05) is 5.56 Å². The quantitative estimate of drug-likeness (QED) is 0.702. The van der Waals surface area contributed by atoms with Crippen molar-refractivity contribution in [2.24, 2.45) is 0 Å². The van der Waals surface area contributed by atoms with Crippen LogP contribution in [-0.2, 0) is 6.54 Å². The highest BCUT2D eigenvalue weighted by Gasteiger charge is 2.10. The van der Waals surface area contributed by atoms with Gasteiger partial charge in [0.25, 0.3) is 0 Å². The van der Waals surface area contributed by atoms with Gasteiger partial charge in [0.05, 0.1) is 22.9 Å². The maximum atomic E-state index is 4.46. The van der Waals surface area contributed by atoms with E-state index < -0.39 is 0 Å². The van der Waals surface area contributed by atoms with Gasteiger partial charge in [-0.2, -0.15) is 5.10 Å². The van der Waals surface area contributed by atoms with Crippen LogP contribution in [0.2, 0.25) is 0 Å². The highest BCUT2D eigenvalue weighted by atomic mass is 79.9. The van der Waals surface area contributed by atoms with E-state index in [9.17, 15) is 0 Å². The number of nitrogens with zero attached hydrogens (tertiary/aromatic N) is 2. The van der Waals surface area contributed by atoms with Gasteiger partial charge < -0.3 is 0 Å². The van der Waals surface area contributed by atoms with Gasteiger partial charge in [-0.25, -0.2) is 0 Å². The van der Waals surface area contributed by atoms with E-state index >= 15 is 0 Å². The molecular formula is C16H13BrN2. The Labute approximate surface area is 120 Å². The Balaban J connectivity index is 2.00. The van der Waals surface area contributed by atoms with E-state index in [0.29, 0.717) is 0 Å². The van der Waals surface area contributed by atoms with Crippen LogP contribution in [0.15, 0.2) is 71.3 Å². The molecule has 3 aromatic rings. The Morgan fingerprint density at radius 3 is 2.21 bits per heavy atom. The Hall–Kier alpha value is -1.87. The second-order valence-corrected chi connectivity index (χ2v) is 5.20. The first-order valence-corrected chi connectivity index (χ1v) is 6.94. The molecule has 19 heavy (non-hydrogen) atoms. The van der Waals surface area contributed by atoms with E-state index in [4.69, 9.17) is 0 Å². The predicted molar refractivity (Wildman–Crippen MR) is 80.9 cm³/mol. The lowest BCUT2D eigenvalue weighted by Gasteiger charge is -2.08. The molecular weight excluding hydrogens is 300 g/mol. The Kier molecular flexibility index (Phi) is 3.47. The van der Waals surface area contributed by atoms with Crippen molar-refractivity contribution >= 4 is 15.9 Å². The molecule has 3 rings (SSSR count). The van der Waals surface area contributed by atoms with E-state index in [1.165, 1.54) is 11.1 Å². The second-order valence-electron chi connectivity index (χ2n) is 4.35. The third kappa shape index (κ3) is 2.61. The van der Waals surface area contributed by atoms with Crippen LogP contribution in [0.4, 0.5) is 0 Å². The van der Waals surface area contributed by atoms with Crippen LogP contribution in [0.25, 0.3) is 11.3 Å². The van der Waals surface area contributed by atoms with Crippen molar-refractivity contribution in [3.63, 3.8) is 0 Å². The van der Waals surface area contributed by atoms with Gasteiger partial charge in [0.1, 0.15) is 0 Å². The molecule has 2 nitrogen and oxygen atoms in total. The molecule has 1 aromatic heterocycles. The molecule has 0 unspecified atom stereocenters. The molecule has 0 saturated heterocycles. The van der Waals surface area contributed by atoms with Gasteiger partial charge in [-0.1, -0.05) is 60.7 Å². The molecule has 0 atom stereocenters. The molecule has 94 valence electrons. The van der Waals surface area contributed by atoms with Crippen LogP contribution in [-0.4, -0.2) is 9.78 Å². The van der Waals surface area contributed by atoms with Gasteiger partial charge in [-0.05, 0) is 21.5 Å². The third-order valence-corrected chi connectivity index (χ3v) is 3.60. The van der Waals surface area contributed by atoms with Crippen molar-refractivity contribution < 1.29 is 0 Å². The predicted octanol–water partition coefficient (Wildman–Crippen LogP) is 4.36. The molecule has 0 spiro atoms. The highest BCUT2D eigenvalue weighted by molar-refractivity contribution is 9.10. The SMILES string of the molecule is Brc1cnn(Cc2ccccc2)c1-c1ccccc1. The normalized spacial score (nSPS) is 10.6. The first-order chi connectivity index (χ1) is 9.34. The molecule has 0 N–H and O–H groups in total. The van der Waals surface area contributed by atoms with Crippen molar-refractivity contribution in [3.05, 3.63) is 76.9 Å². The number of benzene rings is 2. The maximum absolute atomic E-state index is 4.46. The van der Waals surface area contributed by atoms with Crippen molar-refractivity contribution in [1.82, 2.24) is 9.78 Å². The average Bonchev–Trinajstić information content (AvgIpc) is 2.82. The first-order valence-electron chi connectivity index (χ1n) is 6.15. The molecule has 0 aliphatic heterocycles. The molecule has 0 fully saturated rings. The summed E-state index contributed by atoms with van der Waals surface area (Å²) in [5.41, 5.74) is 3.53. The summed E-state index contributed by atoms with van der Waals surface area (Å²) in [6.45, 7) is 0.774. The minimum Gasteiger partial charge on any atom is -0.259 e. The third-order valence-electron chi connectivity index (χ3n) is 3.02. The van der Waals surface area contributed by atoms with Gasteiger partial charge in [0.2, 0.25) is 0 Å². The fraction of sp³-hybridized carbons (Fsp3) is 0.0625. The van der Waals surface area contributed by atoms with Crippen molar-refractivity contribution in [2.75, 3.05) is 0 Å². The fourth-order valence-corrected chi connectivity index (χ4v) is 2.65. The van der Waals surface area contributed by atoms with E-state index in [-0.39, 0.29) is 0 Å². The van der Waals surface area contributed by atoms with Crippen LogP contribution < -0.4 is 0 Å². The molecule has 1 heterocycles. The molecule has 0 amide bonds. The standard InChI is InChI=1S/C16H13BrN2/c17-15-11-18-19(12-13-7-3-1-4-8-13)16(15)14-9-5-2-6-10-14/h1-11H,12H2. The van der Waals surface area contributed by atoms with Crippen molar-refractivity contribution in [3.8, 4) is 11.3 Å². The fourth-order valence-electron chi connectivity index (χ4n) is 2.12. The molecule has 2 aromatic carbocycles. The summed E-state index contributed by atoms with van der Waals surface area (Å²) in [7, 11) is 0. The van der Waals surface area contributed by atoms with Crippen molar-refractivity contribution in [2.45, 2.75) is 6.54 Å². The van der Waals surface area contributed by atoms with Crippen LogP contribution in [0, 0.1) is 0 Å². The summed E-state index contributed by atoms with van der Waals surface area (Å²) in [6.07, 6.45) is 1.85. The molecule has 0 bridgehead atoms. The number of halogens is 1. The Bertz CT molecular complexity index is 660. The van der Waals surface area contributed by atoms with E-state index in [0.717, 1.165) is 16.7 Å². The lowest BCUT2D eigenvalue weighted by Crippen LogP contribution is -2.03. The molecule has 0 radical (unpaired) electrons. The summed E-state index contributed by atoms with van der Waals surface area (Å²) in [5.74, 6) is 0. The van der Waals surface area contributed by atoms with Gasteiger partial charge in [-0.15, -0.1) is 0 Å². The van der Waals surface area contributed by atoms with Gasteiger partial charge in [0.15, 0.2) is 0 Å². The topological polar surface area (TPSA) is 17.8 Å². The summed E-state index contributed by atoms with van der Waals surface area (Å²) in [4.78, 5) is 0. The minimum atomic E-state index is 0.774. The van der Waals surface area contributed by atoms with E-state index in [2.05, 4.69) is 57.4 Å². The Morgan fingerprint density at radius 1 is 0.895 bits per heavy atom. The van der Waals surface area contributed by atoms with Crippen molar-refractivity contribution in [1.29, 1.82) is 0 Å². The summed E-state index contributed by atoms with van der Waals surface area (Å²) < 4.78 is 3.05. The van der Waals surface area contributed by atoms with Crippen LogP contribution in [0.5, 0.6) is 0 Å². The van der Waals surface area contributed by atoms with E-state index in [1.807, 2.05) is 35.1 Å². The summed E-state index contributed by atoms with van der Waals surface area (Å²) >= 11 is 3.58. The van der Waals surface area contributed by atoms with Crippen LogP contribution in [0.3, 0.4) is 0 Å². The van der Waals surface area contributed by atoms with Crippen LogP contribution in [0.1, 0.15) is 5.56 Å². The maximum Gasteiger partial charge on any atom is 0.0828 e. The monoisotopic (exact) mass is 312 g/mol. The second kappa shape index (κ2) is 5.41. The smallest absolute Gasteiger partial charge is 0.0828 e. The summed E-state index contributed by atoms with van der Waals surface area (Å²) in [5, 5.41) is 4.46. The molecule has 0 aliphatic rings. The number of hydrogen-bond acceptors (Lipinski definition) is 1. The Morgan fingerprint density at radius 2 is 1.53 bits per heavy atom. The largest absolute Gasteiger partial charge is 0.259 e. The van der Waals surface area contributed by atoms with Gasteiger partial charge >= 0.3 is 0 Å². The molecule has 0 aliphatic carbocycles. The lowest BCUT2D eigenvalue weighted by atomic mass is 10.1. The number of aromatic nitrogens is 2. The zero-order chi connectivity index (χ0) is 13.1. The minimum absolute atomic E-state index is 0.774.